The Hall–Kier alpha value is -0.570. The van der Waals surface area contributed by atoms with Crippen LogP contribution in [0.25, 0.3) is 0 Å². The highest BCUT2D eigenvalue weighted by Crippen LogP contribution is 2.28. The Balaban J connectivity index is 2.95. The lowest BCUT2D eigenvalue weighted by Crippen LogP contribution is -1.99. The Kier molecular flexibility index (Phi) is 4.39. The number of alkyl halides is 1. The lowest BCUT2D eigenvalue weighted by molar-refractivity contribution is 0.339. The maximum absolute atomic E-state index is 12.4. The van der Waals surface area contributed by atoms with E-state index in [1.54, 1.807) is 0 Å². The number of halogens is 2. The van der Waals surface area contributed by atoms with Crippen molar-refractivity contribution in [2.24, 2.45) is 0 Å². The SMILES string of the molecule is [CH2]C(CF)c1cc(OCC)ccc1Br. The number of benzene rings is 1. The lowest BCUT2D eigenvalue weighted by Gasteiger charge is -2.12. The molecule has 0 saturated heterocycles. The summed E-state index contributed by atoms with van der Waals surface area (Å²) in [5, 5.41) is 0. The molecule has 0 spiro atoms. The van der Waals surface area contributed by atoms with E-state index in [9.17, 15) is 4.39 Å². The summed E-state index contributed by atoms with van der Waals surface area (Å²) in [7, 11) is 0. The Morgan fingerprint density at radius 3 is 2.86 bits per heavy atom. The second kappa shape index (κ2) is 5.35. The van der Waals surface area contributed by atoms with E-state index in [-0.39, 0.29) is 5.92 Å². The van der Waals surface area contributed by atoms with Crippen molar-refractivity contribution in [3.63, 3.8) is 0 Å². The molecule has 14 heavy (non-hydrogen) atoms. The van der Waals surface area contributed by atoms with Crippen LogP contribution in [0, 0.1) is 6.92 Å². The Bertz CT molecular complexity index is 301. The van der Waals surface area contributed by atoms with Crippen molar-refractivity contribution in [2.45, 2.75) is 12.8 Å². The lowest BCUT2D eigenvalue weighted by atomic mass is 10.0. The molecule has 1 aromatic carbocycles. The molecule has 1 unspecified atom stereocenters. The Morgan fingerprint density at radius 2 is 2.29 bits per heavy atom. The third kappa shape index (κ3) is 2.71. The third-order valence-corrected chi connectivity index (χ3v) is 2.63. The quantitative estimate of drug-likeness (QED) is 0.801. The molecule has 77 valence electrons. The fourth-order valence-corrected chi connectivity index (χ4v) is 1.74. The van der Waals surface area contributed by atoms with Crippen LogP contribution in [0.5, 0.6) is 5.75 Å². The van der Waals surface area contributed by atoms with Crippen LogP contribution in [0.15, 0.2) is 22.7 Å². The van der Waals surface area contributed by atoms with Crippen LogP contribution in [0.2, 0.25) is 0 Å². The Morgan fingerprint density at radius 1 is 1.57 bits per heavy atom. The van der Waals surface area contributed by atoms with E-state index >= 15 is 0 Å². The first-order valence-corrected chi connectivity index (χ1v) is 5.29. The monoisotopic (exact) mass is 259 g/mol. The summed E-state index contributed by atoms with van der Waals surface area (Å²) in [6.45, 7) is 5.79. The van der Waals surface area contributed by atoms with Gasteiger partial charge < -0.3 is 4.74 Å². The molecule has 1 nitrogen and oxygen atoms in total. The summed E-state index contributed by atoms with van der Waals surface area (Å²) in [5.41, 5.74) is 0.846. The van der Waals surface area contributed by atoms with Gasteiger partial charge in [0.15, 0.2) is 0 Å². The summed E-state index contributed by atoms with van der Waals surface area (Å²) in [6.07, 6.45) is 0. The zero-order valence-corrected chi connectivity index (χ0v) is 9.68. The van der Waals surface area contributed by atoms with Crippen LogP contribution in [-0.2, 0) is 0 Å². The van der Waals surface area contributed by atoms with Gasteiger partial charge in [0.25, 0.3) is 0 Å². The van der Waals surface area contributed by atoms with Gasteiger partial charge in [0, 0.05) is 10.4 Å². The van der Waals surface area contributed by atoms with E-state index < -0.39 is 6.67 Å². The molecule has 0 saturated carbocycles. The number of hydrogen-bond donors (Lipinski definition) is 0. The molecule has 0 fully saturated rings. The largest absolute Gasteiger partial charge is 0.494 e. The van der Waals surface area contributed by atoms with Gasteiger partial charge in [-0.15, -0.1) is 0 Å². The topological polar surface area (TPSA) is 9.23 Å². The molecule has 1 radical (unpaired) electrons. The predicted octanol–water partition coefficient (Wildman–Crippen LogP) is 3.73. The van der Waals surface area contributed by atoms with Crippen LogP contribution in [0.3, 0.4) is 0 Å². The van der Waals surface area contributed by atoms with Crippen molar-refractivity contribution in [3.05, 3.63) is 35.2 Å². The minimum absolute atomic E-state index is 0.343. The fraction of sp³-hybridized carbons (Fsp3) is 0.364. The summed E-state index contributed by atoms with van der Waals surface area (Å²) < 4.78 is 18.6. The molecule has 1 rings (SSSR count). The van der Waals surface area contributed by atoms with Crippen LogP contribution in [-0.4, -0.2) is 13.3 Å². The molecule has 3 heteroatoms. The molecule has 0 N–H and O–H groups in total. The Labute approximate surface area is 92.4 Å². The molecule has 0 aliphatic heterocycles. The number of hydrogen-bond acceptors (Lipinski definition) is 1. The molecular weight excluding hydrogens is 247 g/mol. The molecule has 0 aliphatic carbocycles. The van der Waals surface area contributed by atoms with E-state index in [0.29, 0.717) is 6.61 Å². The van der Waals surface area contributed by atoms with Crippen molar-refractivity contribution in [1.29, 1.82) is 0 Å². The molecule has 1 aromatic rings. The second-order valence-electron chi connectivity index (χ2n) is 2.97. The number of rotatable bonds is 4. The highest BCUT2D eigenvalue weighted by Gasteiger charge is 2.10. The van der Waals surface area contributed by atoms with Gasteiger partial charge in [-0.05, 0) is 37.6 Å². The van der Waals surface area contributed by atoms with Gasteiger partial charge in [0.2, 0.25) is 0 Å². The molecule has 0 amide bonds. The molecule has 0 bridgehead atoms. The average Bonchev–Trinajstić information content (AvgIpc) is 2.20. The molecule has 1 atom stereocenters. The highest BCUT2D eigenvalue weighted by molar-refractivity contribution is 9.10. The van der Waals surface area contributed by atoms with Crippen LogP contribution < -0.4 is 4.74 Å². The normalized spacial score (nSPS) is 12.6. The van der Waals surface area contributed by atoms with E-state index in [2.05, 4.69) is 22.9 Å². The van der Waals surface area contributed by atoms with Gasteiger partial charge in [-0.3, -0.25) is 4.39 Å². The predicted molar refractivity (Wildman–Crippen MR) is 59.4 cm³/mol. The summed E-state index contributed by atoms with van der Waals surface area (Å²) in [6, 6.07) is 5.53. The van der Waals surface area contributed by atoms with Crippen molar-refractivity contribution >= 4 is 15.9 Å². The molecular formula is C11H13BrFO. The van der Waals surface area contributed by atoms with E-state index in [4.69, 9.17) is 4.74 Å². The zero-order valence-electron chi connectivity index (χ0n) is 8.09. The minimum Gasteiger partial charge on any atom is -0.494 e. The van der Waals surface area contributed by atoms with Gasteiger partial charge in [-0.2, -0.15) is 0 Å². The number of ether oxygens (including phenoxy) is 1. The van der Waals surface area contributed by atoms with Gasteiger partial charge in [0.05, 0.1) is 13.3 Å². The fourth-order valence-electron chi connectivity index (χ4n) is 1.17. The van der Waals surface area contributed by atoms with Crippen LogP contribution >= 0.6 is 15.9 Å². The first-order chi connectivity index (χ1) is 6.69. The summed E-state index contributed by atoms with van der Waals surface area (Å²) >= 11 is 3.36. The van der Waals surface area contributed by atoms with E-state index in [0.717, 1.165) is 15.8 Å². The first-order valence-electron chi connectivity index (χ1n) is 4.50. The minimum atomic E-state index is -0.464. The van der Waals surface area contributed by atoms with Gasteiger partial charge in [-0.25, -0.2) is 0 Å². The van der Waals surface area contributed by atoms with Gasteiger partial charge in [-0.1, -0.05) is 15.9 Å². The highest BCUT2D eigenvalue weighted by atomic mass is 79.9. The van der Waals surface area contributed by atoms with E-state index in [1.807, 2.05) is 25.1 Å². The van der Waals surface area contributed by atoms with Gasteiger partial charge in [0.1, 0.15) is 5.75 Å². The second-order valence-corrected chi connectivity index (χ2v) is 3.82. The summed E-state index contributed by atoms with van der Waals surface area (Å²) in [5.74, 6) is 0.414. The molecule has 0 aliphatic rings. The molecule has 0 heterocycles. The van der Waals surface area contributed by atoms with E-state index in [1.165, 1.54) is 0 Å². The van der Waals surface area contributed by atoms with Gasteiger partial charge >= 0.3 is 0 Å². The third-order valence-electron chi connectivity index (χ3n) is 1.90. The van der Waals surface area contributed by atoms with Crippen molar-refractivity contribution < 1.29 is 9.13 Å². The summed E-state index contributed by atoms with van der Waals surface area (Å²) in [4.78, 5) is 0. The van der Waals surface area contributed by atoms with Crippen molar-refractivity contribution in [1.82, 2.24) is 0 Å². The average molecular weight is 260 g/mol. The zero-order chi connectivity index (χ0) is 10.6. The van der Waals surface area contributed by atoms with Crippen molar-refractivity contribution in [3.8, 4) is 5.75 Å². The van der Waals surface area contributed by atoms with Crippen LogP contribution in [0.1, 0.15) is 18.4 Å². The smallest absolute Gasteiger partial charge is 0.119 e. The first kappa shape index (κ1) is 11.5. The molecule has 0 aromatic heterocycles. The standard InChI is InChI=1S/C11H13BrFO/c1-3-14-9-4-5-11(12)10(6-9)8(2)7-13/h4-6,8H,2-3,7H2,1H3. The maximum Gasteiger partial charge on any atom is 0.119 e. The maximum atomic E-state index is 12.4. The van der Waals surface area contributed by atoms with Crippen molar-refractivity contribution in [2.75, 3.05) is 13.3 Å². The van der Waals surface area contributed by atoms with Crippen LogP contribution in [0.4, 0.5) is 4.39 Å².